The summed E-state index contributed by atoms with van der Waals surface area (Å²) in [6.07, 6.45) is 4.07. The van der Waals surface area contributed by atoms with Crippen LogP contribution in [0.2, 0.25) is 0 Å². The second-order valence-corrected chi connectivity index (χ2v) is 7.98. The summed E-state index contributed by atoms with van der Waals surface area (Å²) in [4.78, 5) is 20.8. The minimum atomic E-state index is -0.118. The zero-order valence-corrected chi connectivity index (χ0v) is 14.0. The van der Waals surface area contributed by atoms with Crippen LogP contribution in [0.3, 0.4) is 0 Å². The molecule has 24 heavy (non-hydrogen) atoms. The van der Waals surface area contributed by atoms with Crippen LogP contribution in [-0.4, -0.2) is 63.8 Å². The van der Waals surface area contributed by atoms with E-state index in [1.54, 1.807) is 7.11 Å². The number of amidine groups is 1. The zero-order chi connectivity index (χ0) is 15.9. The first-order valence-corrected chi connectivity index (χ1v) is 8.95. The summed E-state index contributed by atoms with van der Waals surface area (Å²) < 4.78 is 11.5. The molecule has 2 spiro atoms. The van der Waals surface area contributed by atoms with Crippen molar-refractivity contribution in [3.63, 3.8) is 0 Å². The molecule has 1 saturated carbocycles. The van der Waals surface area contributed by atoms with Gasteiger partial charge in [0.25, 0.3) is 6.02 Å². The second kappa shape index (κ2) is 4.15. The van der Waals surface area contributed by atoms with Crippen LogP contribution in [0.5, 0.6) is 5.88 Å². The molecule has 6 rings (SSSR count). The third-order valence-electron chi connectivity index (χ3n) is 5.94. The molecule has 1 aliphatic carbocycles. The third-order valence-corrected chi connectivity index (χ3v) is 6.82. The standard InChI is InChI=1S/C15H16N6O2S/c1-22-10-9-11(18-7-17-10)24-13(19-9)20-12-16-5-15(23-12)6-21-3-2-14(21)4-8(14)15/h7-8H,2-6H2,1H3,(H,16,19,20)/t8?,14?,15-/m0/s1. The Morgan fingerprint density at radius 1 is 1.46 bits per heavy atom. The van der Waals surface area contributed by atoms with Crippen molar-refractivity contribution in [3.05, 3.63) is 6.33 Å². The van der Waals surface area contributed by atoms with Gasteiger partial charge in [0.2, 0.25) is 5.88 Å². The predicted octanol–water partition coefficient (Wildman–Crippen LogP) is 1.11. The molecule has 3 atom stereocenters. The first-order chi connectivity index (χ1) is 11.7. The van der Waals surface area contributed by atoms with Crippen LogP contribution < -0.4 is 10.1 Å². The Balaban J connectivity index is 1.24. The topological polar surface area (TPSA) is 84.8 Å². The van der Waals surface area contributed by atoms with Gasteiger partial charge in [0.15, 0.2) is 15.5 Å². The molecule has 0 radical (unpaired) electrons. The molecule has 5 heterocycles. The molecule has 8 nitrogen and oxygen atoms in total. The maximum atomic E-state index is 6.29. The minimum Gasteiger partial charge on any atom is -0.479 e. The molecule has 124 valence electrons. The Labute approximate surface area is 141 Å². The zero-order valence-electron chi connectivity index (χ0n) is 13.2. The van der Waals surface area contributed by atoms with Gasteiger partial charge in [0.05, 0.1) is 13.7 Å². The minimum absolute atomic E-state index is 0.118. The fraction of sp³-hybridized carbons (Fsp3) is 0.600. The second-order valence-electron chi connectivity index (χ2n) is 7.00. The van der Waals surface area contributed by atoms with Gasteiger partial charge in [-0.25, -0.2) is 15.0 Å². The normalized spacial score (nSPS) is 36.0. The lowest BCUT2D eigenvalue weighted by Crippen LogP contribution is -2.49. The van der Waals surface area contributed by atoms with Gasteiger partial charge in [-0.05, 0) is 12.8 Å². The molecule has 1 N–H and O–H groups in total. The number of ether oxygens (including phenoxy) is 2. The average molecular weight is 344 g/mol. The summed E-state index contributed by atoms with van der Waals surface area (Å²) in [5.74, 6) is 1.12. The Bertz CT molecular complexity index is 899. The molecule has 2 aromatic rings. The lowest BCUT2D eigenvalue weighted by Gasteiger charge is -2.39. The van der Waals surface area contributed by atoms with E-state index in [0.717, 1.165) is 17.9 Å². The number of fused-ring (bicyclic) bond motifs is 2. The van der Waals surface area contributed by atoms with Gasteiger partial charge in [-0.15, -0.1) is 0 Å². The number of aromatic nitrogens is 3. The number of nitrogens with zero attached hydrogens (tertiary/aromatic N) is 5. The number of aliphatic imine (C=N–C) groups is 1. The van der Waals surface area contributed by atoms with Gasteiger partial charge in [-0.3, -0.25) is 10.2 Å². The largest absolute Gasteiger partial charge is 0.479 e. The number of hydrogen-bond donors (Lipinski definition) is 1. The molecule has 9 heteroatoms. The third kappa shape index (κ3) is 1.52. The molecule has 3 aliphatic heterocycles. The number of anilines is 1. The maximum absolute atomic E-state index is 6.29. The monoisotopic (exact) mass is 344 g/mol. The van der Waals surface area contributed by atoms with Crippen molar-refractivity contribution in [3.8, 4) is 5.88 Å². The van der Waals surface area contributed by atoms with Crippen LogP contribution in [0.1, 0.15) is 12.8 Å². The highest BCUT2D eigenvalue weighted by atomic mass is 32.1. The number of nitrogens with one attached hydrogen (secondary N) is 1. The fourth-order valence-electron chi connectivity index (χ4n) is 4.64. The van der Waals surface area contributed by atoms with E-state index in [0.29, 0.717) is 34.0 Å². The number of thiazole rings is 1. The molecular formula is C15H16N6O2S. The first kappa shape index (κ1) is 13.3. The van der Waals surface area contributed by atoms with Gasteiger partial charge in [0.1, 0.15) is 11.9 Å². The van der Waals surface area contributed by atoms with Crippen LogP contribution in [0.4, 0.5) is 5.13 Å². The van der Waals surface area contributed by atoms with Crippen LogP contribution in [-0.2, 0) is 4.74 Å². The maximum Gasteiger partial charge on any atom is 0.291 e. The molecule has 2 saturated heterocycles. The SMILES string of the molecule is COc1ncnc2sc(NC3=NC[C@@]4(CN5CCC56CC64)O3)nc12. The lowest BCUT2D eigenvalue weighted by molar-refractivity contribution is 0.0433. The van der Waals surface area contributed by atoms with Crippen molar-refractivity contribution in [1.82, 2.24) is 19.9 Å². The molecule has 4 aliphatic rings. The van der Waals surface area contributed by atoms with E-state index >= 15 is 0 Å². The number of hydrogen-bond acceptors (Lipinski definition) is 9. The molecule has 0 aromatic carbocycles. The highest BCUT2D eigenvalue weighted by molar-refractivity contribution is 7.22. The van der Waals surface area contributed by atoms with Crippen LogP contribution in [0.15, 0.2) is 11.3 Å². The Hall–Kier alpha value is -2.00. The molecule has 2 unspecified atom stereocenters. The van der Waals surface area contributed by atoms with E-state index < -0.39 is 0 Å². The summed E-state index contributed by atoms with van der Waals surface area (Å²) in [6.45, 7) is 2.96. The fourth-order valence-corrected chi connectivity index (χ4v) is 5.43. The van der Waals surface area contributed by atoms with Gasteiger partial charge >= 0.3 is 0 Å². The number of piperidine rings is 1. The van der Waals surface area contributed by atoms with Gasteiger partial charge < -0.3 is 9.47 Å². The first-order valence-electron chi connectivity index (χ1n) is 8.14. The Morgan fingerprint density at radius 2 is 2.42 bits per heavy atom. The van der Waals surface area contributed by atoms with Gasteiger partial charge in [-0.1, -0.05) is 11.3 Å². The van der Waals surface area contributed by atoms with E-state index in [4.69, 9.17) is 9.47 Å². The van der Waals surface area contributed by atoms with Crippen molar-refractivity contribution in [1.29, 1.82) is 0 Å². The quantitative estimate of drug-likeness (QED) is 0.873. The molecule has 2 aromatic heterocycles. The van der Waals surface area contributed by atoms with Crippen molar-refractivity contribution >= 4 is 32.8 Å². The van der Waals surface area contributed by atoms with E-state index in [2.05, 4.69) is 30.2 Å². The van der Waals surface area contributed by atoms with Gasteiger partial charge in [-0.2, -0.15) is 4.98 Å². The van der Waals surface area contributed by atoms with Crippen molar-refractivity contribution < 1.29 is 9.47 Å². The summed E-state index contributed by atoms with van der Waals surface area (Å²) >= 11 is 1.44. The van der Waals surface area contributed by atoms with Crippen molar-refractivity contribution in [2.75, 3.05) is 32.1 Å². The van der Waals surface area contributed by atoms with E-state index in [1.165, 1.54) is 37.1 Å². The molecular weight excluding hydrogens is 328 g/mol. The lowest BCUT2D eigenvalue weighted by atomic mass is 9.98. The number of rotatable bonds is 2. The van der Waals surface area contributed by atoms with Crippen molar-refractivity contribution in [2.45, 2.75) is 24.0 Å². The summed E-state index contributed by atoms with van der Waals surface area (Å²) in [5.41, 5.74) is 1.00. The van der Waals surface area contributed by atoms with Crippen LogP contribution in [0, 0.1) is 5.92 Å². The highest BCUT2D eigenvalue weighted by Gasteiger charge is 2.77. The summed E-state index contributed by atoms with van der Waals surface area (Å²) in [7, 11) is 1.58. The van der Waals surface area contributed by atoms with E-state index in [-0.39, 0.29) is 5.60 Å². The highest BCUT2D eigenvalue weighted by Crippen LogP contribution is 2.67. The van der Waals surface area contributed by atoms with Crippen molar-refractivity contribution in [2.24, 2.45) is 10.9 Å². The smallest absolute Gasteiger partial charge is 0.291 e. The summed E-state index contributed by atoms with van der Waals surface area (Å²) in [5, 5.41) is 3.91. The Morgan fingerprint density at radius 3 is 3.12 bits per heavy atom. The molecule has 0 bridgehead atoms. The molecule has 0 amide bonds. The van der Waals surface area contributed by atoms with E-state index in [1.807, 2.05) is 0 Å². The van der Waals surface area contributed by atoms with E-state index in [9.17, 15) is 0 Å². The predicted molar refractivity (Wildman–Crippen MR) is 88.5 cm³/mol. The van der Waals surface area contributed by atoms with Crippen LogP contribution in [0.25, 0.3) is 10.3 Å². The average Bonchev–Trinajstić information content (AvgIpc) is 3.01. The Kier molecular flexibility index (Phi) is 2.30. The molecule has 3 fully saturated rings. The number of methoxy groups -OCH3 is 1. The summed E-state index contributed by atoms with van der Waals surface area (Å²) in [6, 6.07) is 0.575. The van der Waals surface area contributed by atoms with Gasteiger partial charge in [0, 0.05) is 24.5 Å². The van der Waals surface area contributed by atoms with Crippen LogP contribution >= 0.6 is 11.3 Å².